The molecule has 0 aliphatic rings. The average Bonchev–Trinajstić information content (AvgIpc) is 2.70. The minimum atomic E-state index is -2.42. The molecule has 1 heterocycles. The monoisotopic (exact) mass is 241 g/mol. The predicted molar refractivity (Wildman–Crippen MR) is 61.4 cm³/mol. The number of imidazole rings is 1. The highest BCUT2D eigenvalue weighted by Crippen LogP contribution is 2.12. The smallest absolute Gasteiger partial charge is 0.261 e. The summed E-state index contributed by atoms with van der Waals surface area (Å²) in [4.78, 5) is 7.34. The largest absolute Gasteiger partial charge is 0.374 e. The fraction of sp³-hybridized carbons (Fsp3) is 0.364. The highest BCUT2D eigenvalue weighted by molar-refractivity contribution is 5.77. The lowest BCUT2D eigenvalue weighted by Gasteiger charge is -2.03. The third-order valence-corrected chi connectivity index (χ3v) is 2.17. The topological polar surface area (TPSA) is 49.9 Å². The molecule has 4 nitrogen and oxygen atoms in total. The number of nitrogens with zero attached hydrogens (tertiary/aromatic N) is 1. The quantitative estimate of drug-likeness (QED) is 0.763. The van der Waals surface area contributed by atoms with Gasteiger partial charge in [-0.2, -0.15) is 0 Å². The molecule has 0 fully saturated rings. The average molecular weight is 241 g/mol. The number of halogens is 2. The van der Waals surface area contributed by atoms with Crippen molar-refractivity contribution in [1.29, 1.82) is 0 Å². The van der Waals surface area contributed by atoms with Crippen molar-refractivity contribution >= 4 is 17.0 Å². The zero-order valence-electron chi connectivity index (χ0n) is 9.12. The molecule has 2 aromatic rings. The lowest BCUT2D eigenvalue weighted by Crippen LogP contribution is -2.13. The maximum atomic E-state index is 11.8. The Morgan fingerprint density at radius 1 is 1.35 bits per heavy atom. The van der Waals surface area contributed by atoms with Gasteiger partial charge in [-0.15, -0.1) is 0 Å². The van der Waals surface area contributed by atoms with Crippen LogP contribution in [0.1, 0.15) is 0 Å². The minimum Gasteiger partial charge on any atom is -0.374 e. The van der Waals surface area contributed by atoms with E-state index in [0.717, 1.165) is 11.0 Å². The molecule has 17 heavy (non-hydrogen) atoms. The van der Waals surface area contributed by atoms with E-state index in [9.17, 15) is 8.78 Å². The molecular formula is C11H13F2N3O. The maximum absolute atomic E-state index is 11.8. The number of anilines is 1. The highest BCUT2D eigenvalue weighted by atomic mass is 19.3. The first-order chi connectivity index (χ1) is 8.25. The standard InChI is InChI=1S/C11H13F2N3O/c12-10(13)7-17-6-5-14-11-15-8-3-1-2-4-9(8)16-11/h1-4,10H,5-7H2,(H2,14,15,16). The Morgan fingerprint density at radius 2 is 2.18 bits per heavy atom. The molecule has 0 amide bonds. The Labute approximate surface area is 97.0 Å². The molecular weight excluding hydrogens is 228 g/mol. The van der Waals surface area contributed by atoms with Gasteiger partial charge >= 0.3 is 0 Å². The van der Waals surface area contributed by atoms with Crippen LogP contribution in [-0.4, -0.2) is 36.2 Å². The summed E-state index contributed by atoms with van der Waals surface area (Å²) in [6.07, 6.45) is -2.42. The Hall–Kier alpha value is -1.69. The van der Waals surface area contributed by atoms with Crippen molar-refractivity contribution in [3.63, 3.8) is 0 Å². The second kappa shape index (κ2) is 5.58. The van der Waals surface area contributed by atoms with E-state index in [-0.39, 0.29) is 6.61 Å². The molecule has 2 N–H and O–H groups in total. The van der Waals surface area contributed by atoms with E-state index >= 15 is 0 Å². The van der Waals surface area contributed by atoms with Crippen LogP contribution in [0.15, 0.2) is 24.3 Å². The van der Waals surface area contributed by atoms with Gasteiger partial charge in [0.15, 0.2) is 0 Å². The number of hydrogen-bond donors (Lipinski definition) is 2. The van der Waals surface area contributed by atoms with Gasteiger partial charge in [-0.25, -0.2) is 13.8 Å². The van der Waals surface area contributed by atoms with E-state index in [1.165, 1.54) is 0 Å². The van der Waals surface area contributed by atoms with Gasteiger partial charge in [0.05, 0.1) is 17.6 Å². The summed E-state index contributed by atoms with van der Waals surface area (Å²) in [7, 11) is 0. The van der Waals surface area contributed by atoms with E-state index in [0.29, 0.717) is 12.5 Å². The van der Waals surface area contributed by atoms with Crippen LogP contribution < -0.4 is 5.32 Å². The number of ether oxygens (including phenoxy) is 1. The van der Waals surface area contributed by atoms with Crippen molar-refractivity contribution in [3.8, 4) is 0 Å². The molecule has 0 bridgehead atoms. The zero-order valence-corrected chi connectivity index (χ0v) is 9.12. The molecule has 92 valence electrons. The Kier molecular flexibility index (Phi) is 3.87. The van der Waals surface area contributed by atoms with Crippen molar-refractivity contribution in [3.05, 3.63) is 24.3 Å². The Morgan fingerprint density at radius 3 is 2.94 bits per heavy atom. The molecule has 6 heteroatoms. The van der Waals surface area contributed by atoms with E-state index in [4.69, 9.17) is 4.74 Å². The Bertz CT molecular complexity index is 439. The molecule has 0 aliphatic carbocycles. The summed E-state index contributed by atoms with van der Waals surface area (Å²) in [5, 5.41) is 2.97. The Balaban J connectivity index is 1.79. The van der Waals surface area contributed by atoms with Gasteiger partial charge in [0.25, 0.3) is 6.43 Å². The first kappa shape index (κ1) is 11.8. The number of rotatable bonds is 6. The molecule has 0 atom stereocenters. The van der Waals surface area contributed by atoms with Gasteiger partial charge in [0, 0.05) is 6.54 Å². The molecule has 0 saturated carbocycles. The lowest BCUT2D eigenvalue weighted by molar-refractivity contribution is 0.0214. The van der Waals surface area contributed by atoms with E-state index in [1.54, 1.807) is 0 Å². The summed E-state index contributed by atoms with van der Waals surface area (Å²) >= 11 is 0. The number of H-pyrrole nitrogens is 1. The van der Waals surface area contributed by atoms with Crippen LogP contribution in [0.5, 0.6) is 0 Å². The third kappa shape index (κ3) is 3.39. The number of fused-ring (bicyclic) bond motifs is 1. The fourth-order valence-corrected chi connectivity index (χ4v) is 1.45. The summed E-state index contributed by atoms with van der Waals surface area (Å²) < 4.78 is 28.3. The lowest BCUT2D eigenvalue weighted by atomic mass is 10.3. The number of alkyl halides is 2. The van der Waals surface area contributed by atoms with Gasteiger partial charge in [-0.1, -0.05) is 12.1 Å². The van der Waals surface area contributed by atoms with E-state index in [2.05, 4.69) is 15.3 Å². The zero-order chi connectivity index (χ0) is 12.1. The molecule has 1 aromatic heterocycles. The van der Waals surface area contributed by atoms with Gasteiger partial charge < -0.3 is 15.0 Å². The SMILES string of the molecule is FC(F)COCCNc1nc2ccccc2[nH]1. The summed E-state index contributed by atoms with van der Waals surface area (Å²) in [6.45, 7) is 0.135. The van der Waals surface area contributed by atoms with E-state index < -0.39 is 13.0 Å². The molecule has 1 aromatic carbocycles. The third-order valence-electron chi connectivity index (χ3n) is 2.17. The normalized spacial score (nSPS) is 11.2. The summed E-state index contributed by atoms with van der Waals surface area (Å²) in [5.74, 6) is 0.617. The second-order valence-corrected chi connectivity index (χ2v) is 3.50. The summed E-state index contributed by atoms with van der Waals surface area (Å²) in [5.41, 5.74) is 1.80. The van der Waals surface area contributed by atoms with Gasteiger partial charge in [0.1, 0.15) is 6.61 Å². The van der Waals surface area contributed by atoms with Crippen LogP contribution in [0.25, 0.3) is 11.0 Å². The van der Waals surface area contributed by atoms with Gasteiger partial charge in [0.2, 0.25) is 5.95 Å². The van der Waals surface area contributed by atoms with Gasteiger partial charge in [-0.05, 0) is 12.1 Å². The molecule has 0 spiro atoms. The number of aromatic amines is 1. The molecule has 0 unspecified atom stereocenters. The first-order valence-electron chi connectivity index (χ1n) is 5.30. The van der Waals surface area contributed by atoms with Crippen LogP contribution in [0.4, 0.5) is 14.7 Å². The molecule has 2 rings (SSSR count). The summed E-state index contributed by atoms with van der Waals surface area (Å²) in [6, 6.07) is 7.62. The number of benzene rings is 1. The van der Waals surface area contributed by atoms with Gasteiger partial charge in [-0.3, -0.25) is 0 Å². The van der Waals surface area contributed by atoms with Crippen LogP contribution >= 0.6 is 0 Å². The number of nitrogens with one attached hydrogen (secondary N) is 2. The molecule has 0 aliphatic heterocycles. The predicted octanol–water partition coefficient (Wildman–Crippen LogP) is 2.26. The maximum Gasteiger partial charge on any atom is 0.261 e. The first-order valence-corrected chi connectivity index (χ1v) is 5.30. The van der Waals surface area contributed by atoms with Crippen LogP contribution in [-0.2, 0) is 4.74 Å². The van der Waals surface area contributed by atoms with Crippen LogP contribution in [0.2, 0.25) is 0 Å². The number of para-hydroxylation sites is 2. The van der Waals surface area contributed by atoms with Crippen molar-refractivity contribution < 1.29 is 13.5 Å². The second-order valence-electron chi connectivity index (χ2n) is 3.50. The van der Waals surface area contributed by atoms with Crippen LogP contribution in [0, 0.1) is 0 Å². The minimum absolute atomic E-state index is 0.224. The number of aromatic nitrogens is 2. The molecule has 0 radical (unpaired) electrons. The van der Waals surface area contributed by atoms with Crippen molar-refractivity contribution in [1.82, 2.24) is 9.97 Å². The van der Waals surface area contributed by atoms with Crippen molar-refractivity contribution in [2.45, 2.75) is 6.43 Å². The van der Waals surface area contributed by atoms with Crippen molar-refractivity contribution in [2.75, 3.05) is 25.1 Å². The number of hydrogen-bond acceptors (Lipinski definition) is 3. The molecule has 0 saturated heterocycles. The van der Waals surface area contributed by atoms with E-state index in [1.807, 2.05) is 24.3 Å². The highest BCUT2D eigenvalue weighted by Gasteiger charge is 2.02. The van der Waals surface area contributed by atoms with Crippen molar-refractivity contribution in [2.24, 2.45) is 0 Å². The van der Waals surface area contributed by atoms with Crippen LogP contribution in [0.3, 0.4) is 0 Å². The fourth-order valence-electron chi connectivity index (χ4n) is 1.45.